The standard InChI is InChI=1S/C16H14ClF3N4/c1-2-15-21-5-6-23(15)8-11-9-24(10-22-11)12-3-4-14(17)13(7-12)16(18,19)20/h3-7,9-10H,2,8H2,1H3. The van der Waals surface area contributed by atoms with E-state index in [9.17, 15) is 13.2 Å². The van der Waals surface area contributed by atoms with E-state index in [0.29, 0.717) is 12.2 Å². The lowest BCUT2D eigenvalue weighted by atomic mass is 10.2. The van der Waals surface area contributed by atoms with Gasteiger partial charge in [0.25, 0.3) is 0 Å². The lowest BCUT2D eigenvalue weighted by Gasteiger charge is -2.11. The third-order valence-corrected chi connectivity index (χ3v) is 3.97. The first kappa shape index (κ1) is 16.6. The molecule has 4 nitrogen and oxygen atoms in total. The molecule has 0 atom stereocenters. The second-order valence-electron chi connectivity index (χ2n) is 5.26. The Bertz CT molecular complexity index is 851. The first-order valence-corrected chi connectivity index (χ1v) is 7.66. The van der Waals surface area contributed by atoms with Gasteiger partial charge >= 0.3 is 6.18 Å². The maximum absolute atomic E-state index is 13.0. The molecule has 0 aliphatic carbocycles. The van der Waals surface area contributed by atoms with Crippen LogP contribution in [0.1, 0.15) is 24.0 Å². The average Bonchev–Trinajstić information content (AvgIpc) is 3.16. The second kappa shape index (κ2) is 6.32. The van der Waals surface area contributed by atoms with E-state index in [1.807, 2.05) is 17.7 Å². The van der Waals surface area contributed by atoms with Gasteiger partial charge in [-0.1, -0.05) is 18.5 Å². The van der Waals surface area contributed by atoms with Crippen molar-refractivity contribution in [2.45, 2.75) is 26.1 Å². The molecule has 2 heterocycles. The SMILES string of the molecule is CCc1nccn1Cc1cn(-c2ccc(Cl)c(C(F)(F)F)c2)cn1. The van der Waals surface area contributed by atoms with E-state index in [1.54, 1.807) is 17.0 Å². The highest BCUT2D eigenvalue weighted by Gasteiger charge is 2.33. The molecule has 0 spiro atoms. The van der Waals surface area contributed by atoms with Crippen LogP contribution in [0.4, 0.5) is 13.2 Å². The van der Waals surface area contributed by atoms with E-state index in [0.717, 1.165) is 24.0 Å². The number of halogens is 4. The van der Waals surface area contributed by atoms with E-state index in [-0.39, 0.29) is 5.02 Å². The Kier molecular flexibility index (Phi) is 4.36. The highest BCUT2D eigenvalue weighted by Crippen LogP contribution is 2.35. The van der Waals surface area contributed by atoms with Crippen molar-refractivity contribution >= 4 is 11.6 Å². The Labute approximate surface area is 141 Å². The lowest BCUT2D eigenvalue weighted by Crippen LogP contribution is -2.07. The number of hydrogen-bond acceptors (Lipinski definition) is 2. The first-order valence-electron chi connectivity index (χ1n) is 7.28. The van der Waals surface area contributed by atoms with E-state index in [4.69, 9.17) is 11.6 Å². The Morgan fingerprint density at radius 3 is 2.71 bits per heavy atom. The summed E-state index contributed by atoms with van der Waals surface area (Å²) in [7, 11) is 0. The summed E-state index contributed by atoms with van der Waals surface area (Å²) in [5.41, 5.74) is 0.220. The zero-order valence-corrected chi connectivity index (χ0v) is 13.5. The van der Waals surface area contributed by atoms with Crippen LogP contribution in [0, 0.1) is 0 Å². The Morgan fingerprint density at radius 1 is 1.21 bits per heavy atom. The molecule has 3 rings (SSSR count). The molecule has 0 saturated carbocycles. The number of nitrogens with zero attached hydrogens (tertiary/aromatic N) is 4. The van der Waals surface area contributed by atoms with Crippen molar-refractivity contribution in [2.24, 2.45) is 0 Å². The Morgan fingerprint density at radius 2 is 2.00 bits per heavy atom. The third kappa shape index (κ3) is 3.31. The quantitative estimate of drug-likeness (QED) is 0.698. The zero-order chi connectivity index (χ0) is 17.3. The van der Waals surface area contributed by atoms with Gasteiger partial charge in [-0.15, -0.1) is 0 Å². The van der Waals surface area contributed by atoms with Crippen LogP contribution in [-0.2, 0) is 19.1 Å². The highest BCUT2D eigenvalue weighted by atomic mass is 35.5. The van der Waals surface area contributed by atoms with Crippen LogP contribution < -0.4 is 0 Å². The van der Waals surface area contributed by atoms with Gasteiger partial charge in [0.15, 0.2) is 0 Å². The fourth-order valence-electron chi connectivity index (χ4n) is 2.45. The summed E-state index contributed by atoms with van der Waals surface area (Å²) in [5.74, 6) is 0.926. The number of aryl methyl sites for hydroxylation is 1. The van der Waals surface area contributed by atoms with Gasteiger partial charge in [-0.05, 0) is 18.2 Å². The molecular formula is C16H14ClF3N4. The van der Waals surface area contributed by atoms with Crippen molar-refractivity contribution in [2.75, 3.05) is 0 Å². The van der Waals surface area contributed by atoms with Gasteiger partial charge in [-0.3, -0.25) is 0 Å². The topological polar surface area (TPSA) is 35.6 Å². The molecule has 0 saturated heterocycles. The molecule has 0 unspecified atom stereocenters. The number of benzene rings is 1. The van der Waals surface area contributed by atoms with Crippen molar-refractivity contribution < 1.29 is 13.2 Å². The van der Waals surface area contributed by atoms with Crippen LogP contribution in [0.5, 0.6) is 0 Å². The van der Waals surface area contributed by atoms with Gasteiger partial charge in [-0.25, -0.2) is 9.97 Å². The molecule has 3 aromatic rings. The monoisotopic (exact) mass is 354 g/mol. The number of imidazole rings is 2. The zero-order valence-electron chi connectivity index (χ0n) is 12.8. The summed E-state index contributed by atoms with van der Waals surface area (Å²) in [5, 5.41) is -0.322. The van der Waals surface area contributed by atoms with E-state index >= 15 is 0 Å². The van der Waals surface area contributed by atoms with Crippen LogP contribution >= 0.6 is 11.6 Å². The first-order chi connectivity index (χ1) is 11.4. The minimum atomic E-state index is -4.50. The van der Waals surface area contributed by atoms with Crippen LogP contribution in [0.25, 0.3) is 5.69 Å². The molecule has 0 radical (unpaired) electrons. The largest absolute Gasteiger partial charge is 0.417 e. The van der Waals surface area contributed by atoms with Crippen molar-refractivity contribution in [1.82, 2.24) is 19.1 Å². The van der Waals surface area contributed by atoms with Crippen LogP contribution in [0.15, 0.2) is 43.1 Å². The molecule has 0 fully saturated rings. The smallest absolute Gasteiger partial charge is 0.329 e. The maximum Gasteiger partial charge on any atom is 0.417 e. The summed E-state index contributed by atoms with van der Waals surface area (Å²) in [6.07, 6.45) is 3.04. The van der Waals surface area contributed by atoms with Crippen molar-refractivity contribution in [3.63, 3.8) is 0 Å². The van der Waals surface area contributed by atoms with E-state index < -0.39 is 11.7 Å². The predicted molar refractivity (Wildman–Crippen MR) is 84.3 cm³/mol. The summed E-state index contributed by atoms with van der Waals surface area (Å²) < 4.78 is 42.4. The minimum absolute atomic E-state index is 0.322. The van der Waals surface area contributed by atoms with Gasteiger partial charge in [0.2, 0.25) is 0 Å². The van der Waals surface area contributed by atoms with Crippen molar-refractivity contribution in [1.29, 1.82) is 0 Å². The molecule has 0 N–H and O–H groups in total. The van der Waals surface area contributed by atoms with Gasteiger partial charge in [0.1, 0.15) is 5.82 Å². The fraction of sp³-hybridized carbons (Fsp3) is 0.250. The number of alkyl halides is 3. The van der Waals surface area contributed by atoms with Gasteiger partial charge < -0.3 is 9.13 Å². The van der Waals surface area contributed by atoms with E-state index in [2.05, 4.69) is 9.97 Å². The number of rotatable bonds is 4. The molecule has 0 bridgehead atoms. The number of aromatic nitrogens is 4. The summed E-state index contributed by atoms with van der Waals surface area (Å²) in [6.45, 7) is 2.51. The van der Waals surface area contributed by atoms with Gasteiger partial charge in [0.05, 0.1) is 29.2 Å². The van der Waals surface area contributed by atoms with Crippen LogP contribution in [0.3, 0.4) is 0 Å². The molecule has 0 aliphatic heterocycles. The van der Waals surface area contributed by atoms with Crippen molar-refractivity contribution in [3.05, 3.63) is 65.2 Å². The molecule has 0 aliphatic rings. The molecule has 0 amide bonds. The maximum atomic E-state index is 13.0. The normalized spacial score (nSPS) is 11.9. The summed E-state index contributed by atoms with van der Waals surface area (Å²) in [6, 6.07) is 3.78. The summed E-state index contributed by atoms with van der Waals surface area (Å²) >= 11 is 5.65. The lowest BCUT2D eigenvalue weighted by molar-refractivity contribution is -0.137. The molecule has 24 heavy (non-hydrogen) atoms. The number of hydrogen-bond donors (Lipinski definition) is 0. The minimum Gasteiger partial charge on any atom is -0.329 e. The van der Waals surface area contributed by atoms with Crippen molar-refractivity contribution in [3.8, 4) is 5.69 Å². The van der Waals surface area contributed by atoms with Crippen LogP contribution in [-0.4, -0.2) is 19.1 Å². The van der Waals surface area contributed by atoms with Crippen LogP contribution in [0.2, 0.25) is 5.02 Å². The second-order valence-corrected chi connectivity index (χ2v) is 5.67. The van der Waals surface area contributed by atoms with Gasteiger partial charge in [-0.2, -0.15) is 13.2 Å². The van der Waals surface area contributed by atoms with E-state index in [1.165, 1.54) is 18.5 Å². The molecule has 8 heteroatoms. The molecule has 1 aromatic carbocycles. The Hall–Kier alpha value is -2.28. The molecular weight excluding hydrogens is 341 g/mol. The average molecular weight is 355 g/mol. The molecule has 126 valence electrons. The molecule has 2 aromatic heterocycles. The summed E-state index contributed by atoms with van der Waals surface area (Å²) in [4.78, 5) is 8.49. The predicted octanol–water partition coefficient (Wildman–Crippen LogP) is 4.35. The fourth-order valence-corrected chi connectivity index (χ4v) is 2.68. The highest BCUT2D eigenvalue weighted by molar-refractivity contribution is 6.31. The Balaban J connectivity index is 1.88. The third-order valence-electron chi connectivity index (χ3n) is 3.64. The van der Waals surface area contributed by atoms with Gasteiger partial charge in [0, 0.05) is 30.7 Å².